The monoisotopic (exact) mass is 262 g/mol. The molecular formula is C13H14N2O2S. The Morgan fingerprint density at radius 2 is 2.39 bits per heavy atom. The fourth-order valence-corrected chi connectivity index (χ4v) is 2.83. The predicted molar refractivity (Wildman–Crippen MR) is 70.0 cm³/mol. The summed E-state index contributed by atoms with van der Waals surface area (Å²) in [6, 6.07) is 5.72. The van der Waals surface area contributed by atoms with E-state index in [1.807, 2.05) is 29.9 Å². The summed E-state index contributed by atoms with van der Waals surface area (Å²) in [6.45, 7) is 0. The lowest BCUT2D eigenvalue weighted by atomic mass is 9.96. The van der Waals surface area contributed by atoms with Gasteiger partial charge in [-0.2, -0.15) is 0 Å². The van der Waals surface area contributed by atoms with Crippen LogP contribution in [0.2, 0.25) is 0 Å². The van der Waals surface area contributed by atoms with E-state index in [0.29, 0.717) is 0 Å². The van der Waals surface area contributed by atoms with E-state index in [0.717, 1.165) is 28.4 Å². The number of hydrogen-bond donors (Lipinski definition) is 1. The molecule has 0 fully saturated rings. The fourth-order valence-electron chi connectivity index (χ4n) is 2.17. The maximum Gasteiger partial charge on any atom is 0.136 e. The standard InChI is InChI=1S/C13H14N2O2S/c1-16-8-2-3-11-9(4-8)10(14)5-12(17-11)13-6-15-7-18-13/h2-4,6-7,10,12H,5,14H2,1H3/t10-,12?/m1/s1. The Balaban J connectivity index is 1.93. The van der Waals surface area contributed by atoms with E-state index in [1.54, 1.807) is 18.4 Å². The van der Waals surface area contributed by atoms with E-state index in [2.05, 4.69) is 4.98 Å². The van der Waals surface area contributed by atoms with Crippen LogP contribution >= 0.6 is 11.3 Å². The van der Waals surface area contributed by atoms with E-state index in [9.17, 15) is 0 Å². The first-order valence-electron chi connectivity index (χ1n) is 5.76. The minimum absolute atomic E-state index is 0.00777. The number of nitrogens with zero attached hydrogens (tertiary/aromatic N) is 1. The highest BCUT2D eigenvalue weighted by Gasteiger charge is 2.28. The van der Waals surface area contributed by atoms with Gasteiger partial charge in [0.05, 0.1) is 17.5 Å². The molecule has 0 amide bonds. The summed E-state index contributed by atoms with van der Waals surface area (Å²) >= 11 is 1.60. The minimum atomic E-state index is -0.0315. The van der Waals surface area contributed by atoms with Crippen molar-refractivity contribution in [1.29, 1.82) is 0 Å². The van der Waals surface area contributed by atoms with E-state index >= 15 is 0 Å². The smallest absolute Gasteiger partial charge is 0.136 e. The van der Waals surface area contributed by atoms with E-state index < -0.39 is 0 Å². The third-order valence-corrected chi connectivity index (χ3v) is 3.99. The van der Waals surface area contributed by atoms with Gasteiger partial charge >= 0.3 is 0 Å². The summed E-state index contributed by atoms with van der Waals surface area (Å²) in [4.78, 5) is 5.20. The van der Waals surface area contributed by atoms with Crippen molar-refractivity contribution in [2.45, 2.75) is 18.6 Å². The van der Waals surface area contributed by atoms with Crippen molar-refractivity contribution in [2.24, 2.45) is 5.73 Å². The lowest BCUT2D eigenvalue weighted by Crippen LogP contribution is -2.23. The summed E-state index contributed by atoms with van der Waals surface area (Å²) < 4.78 is 11.2. The molecule has 0 saturated carbocycles. The van der Waals surface area contributed by atoms with E-state index in [4.69, 9.17) is 15.2 Å². The molecule has 1 aromatic carbocycles. The van der Waals surface area contributed by atoms with Gasteiger partial charge in [0.15, 0.2) is 0 Å². The molecule has 2 aromatic rings. The predicted octanol–water partition coefficient (Wildman–Crippen LogP) is 2.68. The van der Waals surface area contributed by atoms with Crippen LogP contribution in [0.5, 0.6) is 11.5 Å². The molecule has 1 aromatic heterocycles. The zero-order valence-corrected chi connectivity index (χ0v) is 10.8. The van der Waals surface area contributed by atoms with Crippen LogP contribution < -0.4 is 15.2 Å². The van der Waals surface area contributed by atoms with Crippen molar-refractivity contribution in [3.05, 3.63) is 40.3 Å². The molecule has 0 saturated heterocycles. The van der Waals surface area contributed by atoms with Gasteiger partial charge in [0.2, 0.25) is 0 Å². The molecule has 0 radical (unpaired) electrons. The molecule has 0 aliphatic carbocycles. The number of rotatable bonds is 2. The fraction of sp³-hybridized carbons (Fsp3) is 0.308. The Hall–Kier alpha value is -1.59. The second kappa shape index (κ2) is 4.59. The van der Waals surface area contributed by atoms with Crippen molar-refractivity contribution < 1.29 is 9.47 Å². The zero-order chi connectivity index (χ0) is 12.5. The average molecular weight is 262 g/mol. The number of hydrogen-bond acceptors (Lipinski definition) is 5. The van der Waals surface area contributed by atoms with Crippen LogP contribution in [-0.4, -0.2) is 12.1 Å². The Morgan fingerprint density at radius 1 is 1.50 bits per heavy atom. The Morgan fingerprint density at radius 3 is 3.11 bits per heavy atom. The van der Waals surface area contributed by atoms with Gasteiger partial charge in [0, 0.05) is 24.2 Å². The normalized spacial score (nSPS) is 22.1. The maximum atomic E-state index is 6.22. The van der Waals surface area contributed by atoms with Crippen LogP contribution in [0.3, 0.4) is 0 Å². The maximum absolute atomic E-state index is 6.22. The highest BCUT2D eigenvalue weighted by molar-refractivity contribution is 7.09. The summed E-state index contributed by atoms with van der Waals surface area (Å²) in [5, 5.41) is 0. The quantitative estimate of drug-likeness (QED) is 0.904. The van der Waals surface area contributed by atoms with Gasteiger partial charge in [-0.05, 0) is 18.2 Å². The lowest BCUT2D eigenvalue weighted by Gasteiger charge is -2.29. The molecule has 2 heterocycles. The minimum Gasteiger partial charge on any atom is -0.497 e. The molecular weight excluding hydrogens is 248 g/mol. The van der Waals surface area contributed by atoms with Gasteiger partial charge in [0.25, 0.3) is 0 Å². The van der Waals surface area contributed by atoms with E-state index in [-0.39, 0.29) is 12.1 Å². The molecule has 2 N–H and O–H groups in total. The van der Waals surface area contributed by atoms with Crippen molar-refractivity contribution in [2.75, 3.05) is 7.11 Å². The van der Waals surface area contributed by atoms with Crippen LogP contribution in [0.15, 0.2) is 29.9 Å². The molecule has 3 rings (SSSR count). The molecule has 0 bridgehead atoms. The molecule has 94 valence electrons. The van der Waals surface area contributed by atoms with Gasteiger partial charge in [-0.15, -0.1) is 11.3 Å². The van der Waals surface area contributed by atoms with Gasteiger partial charge in [0.1, 0.15) is 17.6 Å². The molecule has 0 spiro atoms. The van der Waals surface area contributed by atoms with Crippen molar-refractivity contribution in [3.8, 4) is 11.5 Å². The molecule has 5 heteroatoms. The van der Waals surface area contributed by atoms with Crippen molar-refractivity contribution >= 4 is 11.3 Å². The first-order valence-corrected chi connectivity index (χ1v) is 6.64. The number of fused-ring (bicyclic) bond motifs is 1. The second-order valence-corrected chi connectivity index (χ2v) is 5.17. The first kappa shape index (κ1) is 11.5. The Labute approximate surface area is 109 Å². The first-order chi connectivity index (χ1) is 8.78. The third kappa shape index (κ3) is 1.95. The molecule has 1 aliphatic heterocycles. The molecule has 2 atom stereocenters. The van der Waals surface area contributed by atoms with Gasteiger partial charge in [-0.1, -0.05) is 0 Å². The van der Waals surface area contributed by atoms with Crippen LogP contribution in [0, 0.1) is 0 Å². The number of benzene rings is 1. The highest BCUT2D eigenvalue weighted by Crippen LogP contribution is 2.41. The van der Waals surface area contributed by atoms with Crippen molar-refractivity contribution in [3.63, 3.8) is 0 Å². The second-order valence-electron chi connectivity index (χ2n) is 4.26. The largest absolute Gasteiger partial charge is 0.497 e. The van der Waals surface area contributed by atoms with Crippen LogP contribution in [-0.2, 0) is 0 Å². The van der Waals surface area contributed by atoms with Crippen LogP contribution in [0.25, 0.3) is 0 Å². The van der Waals surface area contributed by atoms with Gasteiger partial charge in [-0.3, -0.25) is 4.98 Å². The van der Waals surface area contributed by atoms with Crippen LogP contribution in [0.4, 0.5) is 0 Å². The average Bonchev–Trinajstić information content (AvgIpc) is 2.92. The van der Waals surface area contributed by atoms with Gasteiger partial charge < -0.3 is 15.2 Å². The van der Waals surface area contributed by atoms with E-state index in [1.165, 1.54) is 0 Å². The number of aromatic nitrogens is 1. The highest BCUT2D eigenvalue weighted by atomic mass is 32.1. The van der Waals surface area contributed by atoms with Crippen molar-refractivity contribution in [1.82, 2.24) is 4.98 Å². The summed E-state index contributed by atoms with van der Waals surface area (Å²) in [5.41, 5.74) is 9.04. The number of nitrogens with two attached hydrogens (primary N) is 1. The molecule has 4 nitrogen and oxygen atoms in total. The number of thiazole rings is 1. The summed E-state index contributed by atoms with van der Waals surface area (Å²) in [5.74, 6) is 1.65. The molecule has 18 heavy (non-hydrogen) atoms. The Bertz CT molecular complexity index is 542. The third-order valence-electron chi connectivity index (χ3n) is 3.12. The topological polar surface area (TPSA) is 57.4 Å². The molecule has 1 unspecified atom stereocenters. The zero-order valence-electron chi connectivity index (χ0n) is 10.00. The summed E-state index contributed by atoms with van der Waals surface area (Å²) in [7, 11) is 1.65. The number of methoxy groups -OCH3 is 1. The van der Waals surface area contributed by atoms with Gasteiger partial charge in [-0.25, -0.2) is 0 Å². The van der Waals surface area contributed by atoms with Crippen LogP contribution in [0.1, 0.15) is 29.0 Å². The summed E-state index contributed by atoms with van der Waals surface area (Å²) in [6.07, 6.45) is 2.62. The molecule has 1 aliphatic rings. The number of ether oxygens (including phenoxy) is 2. The Kier molecular flexibility index (Phi) is 2.93. The SMILES string of the molecule is COc1ccc2c(c1)[C@H](N)CC(c1cncs1)O2. The lowest BCUT2D eigenvalue weighted by molar-refractivity contribution is 0.164.